The number of hydrogen-bond donors (Lipinski definition) is 0. The van der Waals surface area contributed by atoms with Gasteiger partial charge in [-0.15, -0.1) is 0 Å². The number of benzene rings is 1. The summed E-state index contributed by atoms with van der Waals surface area (Å²) in [4.78, 5) is 14.3. The van der Waals surface area contributed by atoms with E-state index in [0.717, 1.165) is 17.5 Å². The van der Waals surface area contributed by atoms with Gasteiger partial charge in [0.25, 0.3) is 0 Å². The van der Waals surface area contributed by atoms with Gasteiger partial charge < -0.3 is 9.64 Å². The monoisotopic (exact) mass is 293 g/mol. The molecule has 1 aromatic rings. The molecular weight excluding hydrogens is 269 g/mol. The zero-order chi connectivity index (χ0) is 15.5. The summed E-state index contributed by atoms with van der Waals surface area (Å²) in [5.41, 5.74) is 1.67. The molecule has 2 rings (SSSR count). The fourth-order valence-electron chi connectivity index (χ4n) is 2.88. The summed E-state index contributed by atoms with van der Waals surface area (Å²) >= 11 is 0. The van der Waals surface area contributed by atoms with E-state index >= 15 is 0 Å². The molecule has 0 radical (unpaired) electrons. The zero-order valence-electron chi connectivity index (χ0n) is 13.1. The van der Waals surface area contributed by atoms with Gasteiger partial charge >= 0.3 is 0 Å². The molecule has 0 saturated carbocycles. The number of amides is 1. The molecule has 4 heteroatoms. The van der Waals surface area contributed by atoms with Crippen LogP contribution in [-0.4, -0.2) is 37.1 Å². The van der Waals surface area contributed by atoms with Crippen molar-refractivity contribution < 1.29 is 13.9 Å². The van der Waals surface area contributed by atoms with Crippen molar-refractivity contribution in [3.8, 4) is 0 Å². The third-order valence-electron chi connectivity index (χ3n) is 4.14. The molecule has 0 aliphatic carbocycles. The number of carbonyl (C=O) groups excluding carboxylic acids is 1. The van der Waals surface area contributed by atoms with Crippen LogP contribution in [0.25, 0.3) is 0 Å². The molecule has 21 heavy (non-hydrogen) atoms. The van der Waals surface area contributed by atoms with Crippen LogP contribution in [0, 0.1) is 5.82 Å². The molecule has 1 aliphatic heterocycles. The number of carbonyl (C=O) groups is 1. The molecule has 0 aromatic heterocycles. The largest absolute Gasteiger partial charge is 0.378 e. The minimum Gasteiger partial charge on any atom is -0.378 e. The first-order valence-electron chi connectivity index (χ1n) is 7.58. The van der Waals surface area contributed by atoms with Gasteiger partial charge in [0.2, 0.25) is 5.91 Å². The topological polar surface area (TPSA) is 29.5 Å². The Labute approximate surface area is 126 Å². The molecule has 1 heterocycles. The summed E-state index contributed by atoms with van der Waals surface area (Å²) < 4.78 is 18.9. The van der Waals surface area contributed by atoms with Crippen LogP contribution in [0.3, 0.4) is 0 Å². The Bertz CT molecular complexity index is 508. The van der Waals surface area contributed by atoms with Crippen molar-refractivity contribution in [3.05, 3.63) is 35.1 Å². The van der Waals surface area contributed by atoms with E-state index < -0.39 is 0 Å². The Morgan fingerprint density at radius 3 is 2.62 bits per heavy atom. The average molecular weight is 293 g/mol. The number of morpholine rings is 1. The van der Waals surface area contributed by atoms with Crippen molar-refractivity contribution in [2.75, 3.05) is 26.3 Å². The van der Waals surface area contributed by atoms with Crippen molar-refractivity contribution >= 4 is 5.91 Å². The highest BCUT2D eigenvalue weighted by Crippen LogP contribution is 2.31. The number of hydrogen-bond acceptors (Lipinski definition) is 2. The van der Waals surface area contributed by atoms with Gasteiger partial charge in [-0.2, -0.15) is 0 Å². The van der Waals surface area contributed by atoms with Crippen LogP contribution in [0.15, 0.2) is 18.2 Å². The van der Waals surface area contributed by atoms with E-state index in [1.54, 1.807) is 6.07 Å². The van der Waals surface area contributed by atoms with E-state index in [4.69, 9.17) is 4.74 Å². The lowest BCUT2D eigenvalue weighted by Crippen LogP contribution is -2.43. The SMILES string of the molecule is CCc1ccc(F)cc1C(C)(C)CC(=O)N1CCOCC1. The second kappa shape index (κ2) is 6.56. The molecule has 0 bridgehead atoms. The maximum Gasteiger partial charge on any atom is 0.223 e. The molecule has 0 unspecified atom stereocenters. The highest BCUT2D eigenvalue weighted by atomic mass is 19.1. The number of aryl methyl sites for hydroxylation is 1. The highest BCUT2D eigenvalue weighted by molar-refractivity contribution is 5.78. The molecule has 0 atom stereocenters. The lowest BCUT2D eigenvalue weighted by atomic mass is 9.78. The first kappa shape index (κ1) is 16.0. The van der Waals surface area contributed by atoms with E-state index in [1.807, 2.05) is 24.8 Å². The van der Waals surface area contributed by atoms with Crippen LogP contribution in [0.1, 0.15) is 38.3 Å². The van der Waals surface area contributed by atoms with Gasteiger partial charge in [0, 0.05) is 19.5 Å². The maximum absolute atomic E-state index is 13.6. The van der Waals surface area contributed by atoms with Crippen molar-refractivity contribution in [2.45, 2.75) is 39.0 Å². The Morgan fingerprint density at radius 1 is 1.33 bits per heavy atom. The first-order valence-corrected chi connectivity index (χ1v) is 7.58. The zero-order valence-corrected chi connectivity index (χ0v) is 13.1. The van der Waals surface area contributed by atoms with Crippen LogP contribution < -0.4 is 0 Å². The third kappa shape index (κ3) is 3.82. The smallest absolute Gasteiger partial charge is 0.223 e. The molecule has 1 aliphatic rings. The average Bonchev–Trinajstić information content (AvgIpc) is 2.47. The molecule has 1 amide bonds. The highest BCUT2D eigenvalue weighted by Gasteiger charge is 2.29. The van der Waals surface area contributed by atoms with E-state index in [1.165, 1.54) is 6.07 Å². The number of ether oxygens (including phenoxy) is 1. The minimum atomic E-state index is -0.372. The predicted octanol–water partition coefficient (Wildman–Crippen LogP) is 2.91. The molecule has 3 nitrogen and oxygen atoms in total. The summed E-state index contributed by atoms with van der Waals surface area (Å²) in [5, 5.41) is 0. The fourth-order valence-corrected chi connectivity index (χ4v) is 2.88. The normalized spacial score (nSPS) is 16.1. The van der Waals surface area contributed by atoms with Crippen molar-refractivity contribution in [2.24, 2.45) is 0 Å². The van der Waals surface area contributed by atoms with Gasteiger partial charge in [-0.1, -0.05) is 26.8 Å². The summed E-state index contributed by atoms with van der Waals surface area (Å²) in [7, 11) is 0. The van der Waals surface area contributed by atoms with Crippen LogP contribution >= 0.6 is 0 Å². The standard InChI is InChI=1S/C17H24FNO2/c1-4-13-5-6-14(18)11-15(13)17(2,3)12-16(20)19-7-9-21-10-8-19/h5-6,11H,4,7-10,12H2,1-3H3. The lowest BCUT2D eigenvalue weighted by molar-refractivity contribution is -0.136. The summed E-state index contributed by atoms with van der Waals surface area (Å²) in [6.45, 7) is 8.59. The van der Waals surface area contributed by atoms with Crippen molar-refractivity contribution in [1.82, 2.24) is 4.90 Å². The molecule has 0 N–H and O–H groups in total. The molecule has 116 valence electrons. The van der Waals surface area contributed by atoms with Crippen molar-refractivity contribution in [3.63, 3.8) is 0 Å². The molecule has 1 aromatic carbocycles. The Balaban J connectivity index is 2.17. The van der Waals surface area contributed by atoms with Crippen LogP contribution in [0.5, 0.6) is 0 Å². The van der Waals surface area contributed by atoms with E-state index in [0.29, 0.717) is 32.7 Å². The van der Waals surface area contributed by atoms with Gasteiger partial charge in [0.15, 0.2) is 0 Å². The van der Waals surface area contributed by atoms with Crippen molar-refractivity contribution in [1.29, 1.82) is 0 Å². The van der Waals surface area contributed by atoms with E-state index in [9.17, 15) is 9.18 Å². The van der Waals surface area contributed by atoms with E-state index in [2.05, 4.69) is 6.92 Å². The molecule has 1 fully saturated rings. The predicted molar refractivity (Wildman–Crippen MR) is 80.8 cm³/mol. The van der Waals surface area contributed by atoms with Gasteiger partial charge in [0.1, 0.15) is 5.82 Å². The van der Waals surface area contributed by atoms with Gasteiger partial charge in [-0.3, -0.25) is 4.79 Å². The van der Waals surface area contributed by atoms with E-state index in [-0.39, 0.29) is 17.1 Å². The Morgan fingerprint density at radius 2 is 2.00 bits per heavy atom. The second-order valence-electron chi connectivity index (χ2n) is 6.21. The third-order valence-corrected chi connectivity index (χ3v) is 4.14. The Hall–Kier alpha value is -1.42. The molecular formula is C17H24FNO2. The van der Waals surface area contributed by atoms with Gasteiger partial charge in [-0.25, -0.2) is 4.39 Å². The first-order chi connectivity index (χ1) is 9.94. The lowest BCUT2D eigenvalue weighted by Gasteiger charge is -2.32. The summed E-state index contributed by atoms with van der Waals surface area (Å²) in [6.07, 6.45) is 1.23. The van der Waals surface area contributed by atoms with Gasteiger partial charge in [0.05, 0.1) is 13.2 Å². The fraction of sp³-hybridized carbons (Fsp3) is 0.588. The van der Waals surface area contributed by atoms with Gasteiger partial charge in [-0.05, 0) is 35.1 Å². The maximum atomic E-state index is 13.6. The number of nitrogens with zero attached hydrogens (tertiary/aromatic N) is 1. The Kier molecular flexibility index (Phi) is 4.99. The van der Waals surface area contributed by atoms with Crippen LogP contribution in [0.4, 0.5) is 4.39 Å². The quantitative estimate of drug-likeness (QED) is 0.854. The minimum absolute atomic E-state index is 0.120. The number of halogens is 1. The summed E-state index contributed by atoms with van der Waals surface area (Å²) in [5.74, 6) is -0.122. The van der Waals surface area contributed by atoms with Crippen LogP contribution in [0.2, 0.25) is 0 Å². The second-order valence-corrected chi connectivity index (χ2v) is 6.21. The molecule has 1 saturated heterocycles. The number of rotatable bonds is 4. The molecule has 0 spiro atoms. The summed E-state index contributed by atoms with van der Waals surface area (Å²) in [6, 6.07) is 4.89. The van der Waals surface area contributed by atoms with Crippen LogP contribution in [-0.2, 0) is 21.4 Å².